The molecule has 0 radical (unpaired) electrons. The van der Waals surface area contributed by atoms with Crippen molar-refractivity contribution >= 4 is 23.3 Å². The molecule has 0 aliphatic heterocycles. The Morgan fingerprint density at radius 3 is 2.43 bits per heavy atom. The molecular formula is C15H16ClF2N3O2. The van der Waals surface area contributed by atoms with Crippen molar-refractivity contribution in [3.05, 3.63) is 46.7 Å². The normalized spacial score (nSPS) is 10.5. The largest absolute Gasteiger partial charge is 0.491 e. The number of hydrogen-bond acceptors (Lipinski definition) is 2. The average molecular weight is 344 g/mol. The number of methoxy groups -OCH3 is 1. The zero-order valence-corrected chi connectivity index (χ0v) is 13.6. The number of aryl methyl sites for hydroxylation is 1. The van der Waals surface area contributed by atoms with Crippen LogP contribution in [0.3, 0.4) is 0 Å². The first-order valence-electron chi connectivity index (χ1n) is 6.67. The summed E-state index contributed by atoms with van der Waals surface area (Å²) in [7, 11) is 4.53. The summed E-state index contributed by atoms with van der Waals surface area (Å²) in [6.07, 6.45) is 1.72. The number of amides is 2. The van der Waals surface area contributed by atoms with Gasteiger partial charge in [-0.15, -0.1) is 0 Å². The Kier molecular flexibility index (Phi) is 5.10. The van der Waals surface area contributed by atoms with Crippen LogP contribution in [0.1, 0.15) is 5.69 Å². The van der Waals surface area contributed by atoms with Gasteiger partial charge < -0.3 is 19.5 Å². The van der Waals surface area contributed by atoms with E-state index in [0.717, 1.165) is 17.8 Å². The van der Waals surface area contributed by atoms with Crippen molar-refractivity contribution in [2.45, 2.75) is 6.54 Å². The molecule has 0 unspecified atom stereocenters. The Hall–Kier alpha value is -2.28. The highest BCUT2D eigenvalue weighted by Gasteiger charge is 2.15. The molecule has 2 aromatic rings. The molecule has 23 heavy (non-hydrogen) atoms. The molecule has 0 bridgehead atoms. The van der Waals surface area contributed by atoms with Gasteiger partial charge in [-0.25, -0.2) is 13.6 Å². The molecule has 1 aromatic heterocycles. The van der Waals surface area contributed by atoms with Gasteiger partial charge in [0.15, 0.2) is 17.4 Å². The van der Waals surface area contributed by atoms with Crippen molar-refractivity contribution in [1.82, 2.24) is 9.47 Å². The summed E-state index contributed by atoms with van der Waals surface area (Å²) in [5.74, 6) is -2.27. The van der Waals surface area contributed by atoms with E-state index in [9.17, 15) is 13.6 Å². The van der Waals surface area contributed by atoms with Gasteiger partial charge in [-0.3, -0.25) is 0 Å². The van der Waals surface area contributed by atoms with Crippen LogP contribution in [-0.4, -0.2) is 29.7 Å². The lowest BCUT2D eigenvalue weighted by atomic mass is 10.2. The number of carbonyl (C=O) groups excluding carboxylic acids is 1. The van der Waals surface area contributed by atoms with Gasteiger partial charge in [0.05, 0.1) is 18.7 Å². The molecule has 1 N–H and O–H groups in total. The zero-order chi connectivity index (χ0) is 17.1. The highest BCUT2D eigenvalue weighted by Crippen LogP contribution is 2.25. The SMILES string of the molecule is COc1c(F)cc(NC(=O)N(C)Cc2cc(Cl)cn2C)cc1F. The number of urea groups is 1. The van der Waals surface area contributed by atoms with E-state index in [0.29, 0.717) is 5.02 Å². The van der Waals surface area contributed by atoms with Crippen LogP contribution in [0.4, 0.5) is 19.3 Å². The third-order valence-electron chi connectivity index (χ3n) is 3.27. The van der Waals surface area contributed by atoms with Gasteiger partial charge in [0.25, 0.3) is 0 Å². The highest BCUT2D eigenvalue weighted by atomic mass is 35.5. The number of benzene rings is 1. The molecule has 2 rings (SSSR count). The van der Waals surface area contributed by atoms with Crippen molar-refractivity contribution in [3.63, 3.8) is 0 Å². The predicted molar refractivity (Wildman–Crippen MR) is 83.8 cm³/mol. The Labute approximate surface area is 137 Å². The van der Waals surface area contributed by atoms with E-state index < -0.39 is 23.4 Å². The van der Waals surface area contributed by atoms with E-state index in [-0.39, 0.29) is 12.2 Å². The second-order valence-corrected chi connectivity index (χ2v) is 5.46. The average Bonchev–Trinajstić information content (AvgIpc) is 2.76. The van der Waals surface area contributed by atoms with Crippen molar-refractivity contribution in [2.75, 3.05) is 19.5 Å². The fourth-order valence-corrected chi connectivity index (χ4v) is 2.36. The Morgan fingerprint density at radius 2 is 1.96 bits per heavy atom. The third-order valence-corrected chi connectivity index (χ3v) is 3.48. The summed E-state index contributed by atoms with van der Waals surface area (Å²) in [5, 5.41) is 3.00. The van der Waals surface area contributed by atoms with E-state index >= 15 is 0 Å². The molecule has 0 atom stereocenters. The molecule has 0 aliphatic rings. The number of rotatable bonds is 4. The summed E-state index contributed by atoms with van der Waals surface area (Å²) in [6.45, 7) is 0.288. The Morgan fingerprint density at radius 1 is 1.35 bits per heavy atom. The van der Waals surface area contributed by atoms with Crippen molar-refractivity contribution in [1.29, 1.82) is 0 Å². The van der Waals surface area contributed by atoms with Crippen LogP contribution in [0.15, 0.2) is 24.4 Å². The van der Waals surface area contributed by atoms with Crippen LogP contribution in [0.2, 0.25) is 5.02 Å². The number of halogens is 3. The van der Waals surface area contributed by atoms with E-state index in [1.54, 1.807) is 30.9 Å². The number of hydrogen-bond donors (Lipinski definition) is 1. The molecule has 0 saturated heterocycles. The lowest BCUT2D eigenvalue weighted by Crippen LogP contribution is -2.31. The zero-order valence-electron chi connectivity index (χ0n) is 12.9. The van der Waals surface area contributed by atoms with E-state index in [4.69, 9.17) is 11.6 Å². The number of nitrogens with zero attached hydrogens (tertiary/aromatic N) is 2. The van der Waals surface area contributed by atoms with Crippen LogP contribution in [-0.2, 0) is 13.6 Å². The minimum Gasteiger partial charge on any atom is -0.491 e. The third kappa shape index (κ3) is 3.92. The minimum absolute atomic E-state index is 0.00237. The quantitative estimate of drug-likeness (QED) is 0.921. The second-order valence-electron chi connectivity index (χ2n) is 5.02. The molecular weight excluding hydrogens is 328 g/mol. The van der Waals surface area contributed by atoms with Gasteiger partial charge in [-0.1, -0.05) is 11.6 Å². The van der Waals surface area contributed by atoms with Crippen LogP contribution in [0, 0.1) is 11.6 Å². The molecule has 0 aliphatic carbocycles. The van der Waals surface area contributed by atoms with E-state index in [1.807, 2.05) is 0 Å². The van der Waals surface area contributed by atoms with Gasteiger partial charge in [-0.2, -0.15) is 0 Å². The summed E-state index contributed by atoms with van der Waals surface area (Å²) in [5.41, 5.74) is 0.822. The lowest BCUT2D eigenvalue weighted by Gasteiger charge is -2.18. The first-order valence-corrected chi connectivity index (χ1v) is 7.05. The van der Waals surface area contributed by atoms with Crippen molar-refractivity contribution in [3.8, 4) is 5.75 Å². The van der Waals surface area contributed by atoms with Gasteiger partial charge in [0.2, 0.25) is 0 Å². The van der Waals surface area contributed by atoms with Crippen LogP contribution < -0.4 is 10.1 Å². The molecule has 0 fully saturated rings. The standard InChI is InChI=1S/C15H16ClF2N3O2/c1-20-7-9(16)4-11(20)8-21(2)15(22)19-10-5-12(17)14(23-3)13(18)6-10/h4-7H,8H2,1-3H3,(H,19,22). The summed E-state index contributed by atoms with van der Waals surface area (Å²) in [6, 6.07) is 3.21. The van der Waals surface area contributed by atoms with Crippen LogP contribution in [0.25, 0.3) is 0 Å². The van der Waals surface area contributed by atoms with Crippen molar-refractivity contribution in [2.24, 2.45) is 7.05 Å². The molecule has 8 heteroatoms. The van der Waals surface area contributed by atoms with Crippen LogP contribution in [0.5, 0.6) is 5.75 Å². The first-order chi connectivity index (χ1) is 10.8. The molecule has 5 nitrogen and oxygen atoms in total. The van der Waals surface area contributed by atoms with Gasteiger partial charge in [0, 0.05) is 43.8 Å². The molecule has 124 valence electrons. The van der Waals surface area contributed by atoms with E-state index in [1.165, 1.54) is 12.0 Å². The monoisotopic (exact) mass is 343 g/mol. The lowest BCUT2D eigenvalue weighted by molar-refractivity contribution is 0.219. The Balaban J connectivity index is 2.08. The highest BCUT2D eigenvalue weighted by molar-refractivity contribution is 6.30. The van der Waals surface area contributed by atoms with Gasteiger partial charge in [0.1, 0.15) is 0 Å². The fraction of sp³-hybridized carbons (Fsp3) is 0.267. The fourth-order valence-electron chi connectivity index (χ4n) is 2.08. The minimum atomic E-state index is -0.889. The number of aromatic nitrogens is 1. The molecule has 0 saturated carbocycles. The summed E-state index contributed by atoms with van der Waals surface area (Å²) in [4.78, 5) is 13.5. The predicted octanol–water partition coefficient (Wildman–Crippen LogP) is 3.63. The maximum atomic E-state index is 13.6. The van der Waals surface area contributed by atoms with Crippen molar-refractivity contribution < 1.29 is 18.3 Å². The first kappa shape index (κ1) is 17.1. The molecule has 1 aromatic carbocycles. The van der Waals surface area contributed by atoms with Crippen LogP contribution >= 0.6 is 11.6 Å². The Bertz CT molecular complexity index is 711. The van der Waals surface area contributed by atoms with Gasteiger partial charge >= 0.3 is 6.03 Å². The maximum absolute atomic E-state index is 13.6. The number of nitrogens with one attached hydrogen (secondary N) is 1. The smallest absolute Gasteiger partial charge is 0.321 e. The second kappa shape index (κ2) is 6.87. The molecule has 0 spiro atoms. The number of anilines is 1. The molecule has 2 amide bonds. The summed E-state index contributed by atoms with van der Waals surface area (Å²) >= 11 is 5.89. The number of carbonyl (C=O) groups is 1. The number of ether oxygens (including phenoxy) is 1. The summed E-state index contributed by atoms with van der Waals surface area (Å²) < 4.78 is 33.6. The van der Waals surface area contributed by atoms with E-state index in [2.05, 4.69) is 10.1 Å². The maximum Gasteiger partial charge on any atom is 0.321 e. The van der Waals surface area contributed by atoms with Gasteiger partial charge in [-0.05, 0) is 6.07 Å². The topological polar surface area (TPSA) is 46.5 Å². The molecule has 1 heterocycles.